The van der Waals surface area contributed by atoms with Gasteiger partial charge in [-0.2, -0.15) is 0 Å². The molecule has 0 aliphatic carbocycles. The summed E-state index contributed by atoms with van der Waals surface area (Å²) in [5.74, 6) is -0.144. The fourth-order valence-electron chi connectivity index (χ4n) is 2.30. The number of rotatable bonds is 4. The first-order valence-corrected chi connectivity index (χ1v) is 7.17. The van der Waals surface area contributed by atoms with Crippen LogP contribution >= 0.6 is 11.6 Å². The predicted molar refractivity (Wildman–Crippen MR) is 76.6 cm³/mol. The van der Waals surface area contributed by atoms with E-state index >= 15 is 0 Å². The monoisotopic (exact) mass is 281 g/mol. The molecule has 0 unspecified atom stereocenters. The number of likely N-dealkylation sites (tertiary alicyclic amines) is 1. The summed E-state index contributed by atoms with van der Waals surface area (Å²) >= 11 is 6.04. The number of piperidine rings is 1. The van der Waals surface area contributed by atoms with Crippen molar-refractivity contribution < 1.29 is 4.79 Å². The van der Waals surface area contributed by atoms with Gasteiger partial charge in [-0.25, -0.2) is 0 Å². The summed E-state index contributed by atoms with van der Waals surface area (Å²) in [6.07, 6.45) is 5.39. The van der Waals surface area contributed by atoms with Gasteiger partial charge >= 0.3 is 0 Å². The van der Waals surface area contributed by atoms with E-state index in [9.17, 15) is 4.79 Å². The van der Waals surface area contributed by atoms with Crippen LogP contribution < -0.4 is 5.32 Å². The highest BCUT2D eigenvalue weighted by molar-refractivity contribution is 6.33. The van der Waals surface area contributed by atoms with Gasteiger partial charge < -0.3 is 10.2 Å². The maximum atomic E-state index is 12.0. The van der Waals surface area contributed by atoms with Crippen LogP contribution in [-0.2, 0) is 0 Å². The van der Waals surface area contributed by atoms with Crippen LogP contribution in [0.5, 0.6) is 0 Å². The van der Waals surface area contributed by atoms with Gasteiger partial charge in [0.05, 0.1) is 10.6 Å². The summed E-state index contributed by atoms with van der Waals surface area (Å²) in [4.78, 5) is 18.5. The molecule has 0 aromatic carbocycles. The maximum Gasteiger partial charge on any atom is 0.254 e. The number of carbonyl (C=O) groups excluding carboxylic acids is 1. The zero-order valence-electron chi connectivity index (χ0n) is 11.3. The van der Waals surface area contributed by atoms with Gasteiger partial charge in [0.1, 0.15) is 0 Å². The number of carbonyl (C=O) groups is 1. The highest BCUT2D eigenvalue weighted by Gasteiger charge is 2.12. The molecule has 0 atom stereocenters. The van der Waals surface area contributed by atoms with Crippen molar-refractivity contribution in [1.29, 1.82) is 0 Å². The minimum atomic E-state index is -0.144. The zero-order chi connectivity index (χ0) is 13.7. The van der Waals surface area contributed by atoms with Crippen molar-refractivity contribution in [3.8, 4) is 0 Å². The van der Waals surface area contributed by atoms with E-state index < -0.39 is 0 Å². The number of aromatic nitrogens is 1. The summed E-state index contributed by atoms with van der Waals surface area (Å²) in [5.41, 5.74) is 1.26. The van der Waals surface area contributed by atoms with Crippen LogP contribution in [0.15, 0.2) is 12.3 Å². The quantitative estimate of drug-likeness (QED) is 0.921. The molecule has 0 bridgehead atoms. The second kappa shape index (κ2) is 6.87. The Morgan fingerprint density at radius 1 is 1.42 bits per heavy atom. The van der Waals surface area contributed by atoms with Crippen molar-refractivity contribution in [2.75, 3.05) is 26.2 Å². The molecule has 2 heterocycles. The minimum absolute atomic E-state index is 0.144. The van der Waals surface area contributed by atoms with Gasteiger partial charge in [0.2, 0.25) is 0 Å². The fraction of sp³-hybridized carbons (Fsp3) is 0.571. The Hall–Kier alpha value is -1.13. The van der Waals surface area contributed by atoms with Crippen molar-refractivity contribution >= 4 is 17.5 Å². The summed E-state index contributed by atoms with van der Waals surface area (Å²) in [5, 5.41) is 3.36. The largest absolute Gasteiger partial charge is 0.351 e. The molecule has 1 fully saturated rings. The number of nitrogens with zero attached hydrogens (tertiary/aromatic N) is 2. The molecule has 5 heteroatoms. The lowest BCUT2D eigenvalue weighted by atomic mass is 10.1. The van der Waals surface area contributed by atoms with Gasteiger partial charge in [0, 0.05) is 25.0 Å². The molecule has 1 saturated heterocycles. The first-order chi connectivity index (χ1) is 9.16. The molecular formula is C14H20ClN3O. The number of halogens is 1. The third-order valence-electron chi connectivity index (χ3n) is 3.40. The molecule has 104 valence electrons. The van der Waals surface area contributed by atoms with Gasteiger partial charge in [0.25, 0.3) is 5.91 Å². The second-order valence-electron chi connectivity index (χ2n) is 4.96. The number of hydrogen-bond acceptors (Lipinski definition) is 3. The van der Waals surface area contributed by atoms with Crippen LogP contribution in [-0.4, -0.2) is 42.0 Å². The van der Waals surface area contributed by atoms with Crippen molar-refractivity contribution in [3.05, 3.63) is 28.5 Å². The van der Waals surface area contributed by atoms with E-state index in [1.165, 1.54) is 25.5 Å². The van der Waals surface area contributed by atoms with Crippen LogP contribution in [0.4, 0.5) is 0 Å². The first-order valence-electron chi connectivity index (χ1n) is 6.79. The molecule has 4 nitrogen and oxygen atoms in total. The van der Waals surface area contributed by atoms with Crippen molar-refractivity contribution in [3.63, 3.8) is 0 Å². The molecule has 0 spiro atoms. The summed E-state index contributed by atoms with van der Waals surface area (Å²) in [6, 6.07) is 1.71. The average Bonchev–Trinajstić information content (AvgIpc) is 2.39. The van der Waals surface area contributed by atoms with E-state index in [4.69, 9.17) is 11.6 Å². The molecule has 1 aliphatic rings. The zero-order valence-corrected chi connectivity index (χ0v) is 12.0. The molecule has 0 radical (unpaired) electrons. The van der Waals surface area contributed by atoms with Crippen LogP contribution in [0.2, 0.25) is 5.02 Å². The number of hydrogen-bond donors (Lipinski definition) is 1. The number of aryl methyl sites for hydroxylation is 1. The van der Waals surface area contributed by atoms with Crippen molar-refractivity contribution in [2.24, 2.45) is 0 Å². The molecule has 1 N–H and O–H groups in total. The van der Waals surface area contributed by atoms with E-state index in [0.717, 1.165) is 25.3 Å². The number of nitrogens with one attached hydrogen (secondary N) is 1. The number of amides is 1. The van der Waals surface area contributed by atoms with Gasteiger partial charge in [-0.15, -0.1) is 0 Å². The Labute approximate surface area is 119 Å². The van der Waals surface area contributed by atoms with Crippen molar-refractivity contribution in [1.82, 2.24) is 15.2 Å². The van der Waals surface area contributed by atoms with E-state index in [2.05, 4.69) is 15.2 Å². The smallest absolute Gasteiger partial charge is 0.254 e. The first kappa shape index (κ1) is 14.3. The number of pyridine rings is 1. The normalized spacial score (nSPS) is 16.3. The Morgan fingerprint density at radius 2 is 2.16 bits per heavy atom. The summed E-state index contributed by atoms with van der Waals surface area (Å²) in [7, 11) is 0. The van der Waals surface area contributed by atoms with Crippen LogP contribution in [0.1, 0.15) is 35.3 Å². The Balaban J connectivity index is 1.80. The third-order valence-corrected chi connectivity index (χ3v) is 3.71. The van der Waals surface area contributed by atoms with Crippen molar-refractivity contribution in [2.45, 2.75) is 26.2 Å². The standard InChI is InChI=1S/C14H20ClN3O/c1-11-9-13(15)12(10-17-11)14(19)16-5-8-18-6-3-2-4-7-18/h9-10H,2-8H2,1H3,(H,16,19). The molecule has 0 saturated carbocycles. The predicted octanol–water partition coefficient (Wildman–Crippen LogP) is 2.26. The Morgan fingerprint density at radius 3 is 2.84 bits per heavy atom. The van der Waals surface area contributed by atoms with Gasteiger partial charge in [-0.05, 0) is 38.9 Å². The molecular weight excluding hydrogens is 262 g/mol. The topological polar surface area (TPSA) is 45.2 Å². The van der Waals surface area contributed by atoms with Gasteiger partial charge in [-0.3, -0.25) is 9.78 Å². The van der Waals surface area contributed by atoms with Gasteiger partial charge in [-0.1, -0.05) is 18.0 Å². The lowest BCUT2D eigenvalue weighted by molar-refractivity contribution is 0.0946. The lowest BCUT2D eigenvalue weighted by Gasteiger charge is -2.26. The molecule has 19 heavy (non-hydrogen) atoms. The third kappa shape index (κ3) is 4.18. The molecule has 1 amide bonds. The van der Waals surface area contributed by atoms with Crippen LogP contribution in [0.3, 0.4) is 0 Å². The highest BCUT2D eigenvalue weighted by atomic mass is 35.5. The van der Waals surface area contributed by atoms with Crippen LogP contribution in [0, 0.1) is 6.92 Å². The Bertz CT molecular complexity index is 444. The SMILES string of the molecule is Cc1cc(Cl)c(C(=O)NCCN2CCCCC2)cn1. The van der Waals surface area contributed by atoms with E-state index in [0.29, 0.717) is 17.1 Å². The maximum absolute atomic E-state index is 12.0. The fourth-order valence-corrected chi connectivity index (χ4v) is 2.59. The van der Waals surface area contributed by atoms with Gasteiger partial charge in [0.15, 0.2) is 0 Å². The van der Waals surface area contributed by atoms with E-state index in [1.807, 2.05) is 6.92 Å². The van der Waals surface area contributed by atoms with E-state index in [1.54, 1.807) is 6.07 Å². The minimum Gasteiger partial charge on any atom is -0.351 e. The molecule has 1 aromatic heterocycles. The lowest BCUT2D eigenvalue weighted by Crippen LogP contribution is -2.37. The Kier molecular flexibility index (Phi) is 5.16. The molecule has 1 aromatic rings. The highest BCUT2D eigenvalue weighted by Crippen LogP contribution is 2.15. The average molecular weight is 282 g/mol. The van der Waals surface area contributed by atoms with Crippen LogP contribution in [0.25, 0.3) is 0 Å². The summed E-state index contributed by atoms with van der Waals surface area (Å²) in [6.45, 7) is 5.70. The summed E-state index contributed by atoms with van der Waals surface area (Å²) < 4.78 is 0. The van der Waals surface area contributed by atoms with E-state index in [-0.39, 0.29) is 5.91 Å². The molecule has 1 aliphatic heterocycles. The second-order valence-corrected chi connectivity index (χ2v) is 5.37. The molecule has 2 rings (SSSR count).